The molecule has 1 nitrogen and oxygen atoms in total. The van der Waals surface area contributed by atoms with Gasteiger partial charge in [-0.1, -0.05) is 91.0 Å². The topological polar surface area (TPSA) is 20.2 Å². The van der Waals surface area contributed by atoms with E-state index in [9.17, 15) is 0 Å². The Bertz CT molecular complexity index is 616. The molecule has 23 heavy (non-hydrogen) atoms. The molecule has 0 aromatic heterocycles. The maximum Gasteiger partial charge on any atom is 0.153 e. The second-order valence-electron chi connectivity index (χ2n) is 4.86. The normalized spacial score (nSPS) is 9.83. The lowest BCUT2D eigenvalue weighted by Gasteiger charge is -2.18. The summed E-state index contributed by atoms with van der Waals surface area (Å²) in [6.45, 7) is 1.45. The van der Waals surface area contributed by atoms with Crippen LogP contribution in [0.15, 0.2) is 91.0 Å². The Morgan fingerprint density at radius 1 is 0.652 bits per heavy atom. The van der Waals surface area contributed by atoms with Crippen molar-refractivity contribution in [2.24, 2.45) is 0 Å². The summed E-state index contributed by atoms with van der Waals surface area (Å²) >= 11 is 4.09. The average Bonchev–Trinajstić information content (AvgIpc) is 2.58. The summed E-state index contributed by atoms with van der Waals surface area (Å²) in [7, 11) is -0.446. The molecule has 0 radical (unpaired) electrons. The van der Waals surface area contributed by atoms with Crippen LogP contribution >= 0.6 is 20.1 Å². The first-order valence-corrected chi connectivity index (χ1v) is 9.08. The van der Waals surface area contributed by atoms with Gasteiger partial charge in [0, 0.05) is 6.92 Å². The highest BCUT2D eigenvalue weighted by molar-refractivity contribution is 7.80. The fourth-order valence-electron chi connectivity index (χ4n) is 2.18. The largest absolute Gasteiger partial charge is 0.502 e. The molecule has 0 saturated heterocycles. The van der Waals surface area contributed by atoms with Crippen LogP contribution in [0.25, 0.3) is 0 Å². The van der Waals surface area contributed by atoms with Crippen LogP contribution in [-0.4, -0.2) is 10.2 Å². The highest BCUT2D eigenvalue weighted by atomic mass is 32.1. The molecular weight excluding hydrogens is 319 g/mol. The molecule has 0 aliphatic rings. The van der Waals surface area contributed by atoms with E-state index in [4.69, 9.17) is 5.11 Å². The zero-order valence-electron chi connectivity index (χ0n) is 13.0. The van der Waals surface area contributed by atoms with Crippen molar-refractivity contribution in [2.45, 2.75) is 6.92 Å². The van der Waals surface area contributed by atoms with Gasteiger partial charge in [-0.05, 0) is 36.1 Å². The van der Waals surface area contributed by atoms with Crippen LogP contribution in [0.3, 0.4) is 0 Å². The molecule has 0 amide bonds. The van der Waals surface area contributed by atoms with Gasteiger partial charge in [-0.2, -0.15) is 0 Å². The molecule has 3 aromatic carbocycles. The highest BCUT2D eigenvalue weighted by Gasteiger charge is 2.14. The van der Waals surface area contributed by atoms with Crippen LogP contribution in [0, 0.1) is 0 Å². The van der Waals surface area contributed by atoms with Gasteiger partial charge < -0.3 is 5.11 Å². The third-order valence-electron chi connectivity index (χ3n) is 3.04. The average molecular weight is 338 g/mol. The third-order valence-corrected chi connectivity index (χ3v) is 5.49. The molecule has 0 fully saturated rings. The van der Waals surface area contributed by atoms with Crippen LogP contribution < -0.4 is 15.9 Å². The number of thiocarbonyl (C=S) groups is 1. The van der Waals surface area contributed by atoms with Crippen molar-refractivity contribution in [1.29, 1.82) is 0 Å². The second kappa shape index (κ2) is 9.19. The van der Waals surface area contributed by atoms with Crippen molar-refractivity contribution in [3.05, 3.63) is 91.0 Å². The lowest BCUT2D eigenvalue weighted by atomic mass is 10.4. The summed E-state index contributed by atoms with van der Waals surface area (Å²) in [6.07, 6.45) is 0. The van der Waals surface area contributed by atoms with E-state index in [1.807, 2.05) is 0 Å². The Hall–Kier alpha value is -2.02. The number of rotatable bonds is 3. The van der Waals surface area contributed by atoms with Gasteiger partial charge in [0.15, 0.2) is 5.05 Å². The van der Waals surface area contributed by atoms with Crippen LogP contribution in [0.2, 0.25) is 0 Å². The second-order valence-corrected chi connectivity index (χ2v) is 7.67. The molecular formula is C20H19OPS. The lowest BCUT2D eigenvalue weighted by molar-refractivity contribution is 0.565. The van der Waals surface area contributed by atoms with Gasteiger partial charge in [-0.3, -0.25) is 0 Å². The first-order valence-electron chi connectivity index (χ1n) is 7.33. The summed E-state index contributed by atoms with van der Waals surface area (Å²) in [5.41, 5.74) is 0. The van der Waals surface area contributed by atoms with E-state index >= 15 is 0 Å². The zero-order chi connectivity index (χ0) is 16.5. The number of hydrogen-bond acceptors (Lipinski definition) is 1. The van der Waals surface area contributed by atoms with Gasteiger partial charge in [0.05, 0.1) is 0 Å². The molecule has 0 spiro atoms. The Balaban J connectivity index is 0.000000433. The monoisotopic (exact) mass is 338 g/mol. The van der Waals surface area contributed by atoms with Crippen LogP contribution in [-0.2, 0) is 0 Å². The Kier molecular flexibility index (Phi) is 6.93. The van der Waals surface area contributed by atoms with Crippen molar-refractivity contribution in [2.75, 3.05) is 0 Å². The minimum absolute atomic E-state index is 0.000000000000000222. The molecule has 116 valence electrons. The molecule has 0 atom stereocenters. The molecule has 1 N–H and O–H groups in total. The maximum absolute atomic E-state index is 7.79. The molecule has 0 saturated carbocycles. The smallest absolute Gasteiger partial charge is 0.153 e. The zero-order valence-corrected chi connectivity index (χ0v) is 14.7. The van der Waals surface area contributed by atoms with E-state index in [1.165, 1.54) is 22.8 Å². The Morgan fingerprint density at radius 2 is 0.870 bits per heavy atom. The fourth-order valence-corrected chi connectivity index (χ4v) is 4.48. The first-order chi connectivity index (χ1) is 11.2. The number of aliphatic hydroxyl groups excluding tert-OH is 1. The van der Waals surface area contributed by atoms with Crippen molar-refractivity contribution in [3.63, 3.8) is 0 Å². The van der Waals surface area contributed by atoms with Gasteiger partial charge in [0.2, 0.25) is 0 Å². The van der Waals surface area contributed by atoms with Crippen LogP contribution in [0.1, 0.15) is 6.92 Å². The van der Waals surface area contributed by atoms with Gasteiger partial charge >= 0.3 is 0 Å². The van der Waals surface area contributed by atoms with Gasteiger partial charge in [-0.15, -0.1) is 0 Å². The van der Waals surface area contributed by atoms with E-state index in [2.05, 4.69) is 103 Å². The van der Waals surface area contributed by atoms with E-state index in [0.29, 0.717) is 0 Å². The molecule has 0 unspecified atom stereocenters. The maximum atomic E-state index is 7.79. The van der Waals surface area contributed by atoms with Crippen LogP contribution in [0.5, 0.6) is 0 Å². The van der Waals surface area contributed by atoms with Crippen LogP contribution in [0.4, 0.5) is 0 Å². The van der Waals surface area contributed by atoms with Crippen molar-refractivity contribution < 1.29 is 5.11 Å². The molecule has 0 heterocycles. The minimum Gasteiger partial charge on any atom is -0.502 e. The highest BCUT2D eigenvalue weighted by Crippen LogP contribution is 2.32. The first kappa shape index (κ1) is 17.3. The fraction of sp³-hybridized carbons (Fsp3) is 0.0500. The Morgan fingerprint density at radius 3 is 1.09 bits per heavy atom. The molecule has 0 aliphatic heterocycles. The predicted octanol–water partition coefficient (Wildman–Crippen LogP) is 4.34. The molecule has 0 aliphatic carbocycles. The number of hydrogen-bond donors (Lipinski definition) is 1. The van der Waals surface area contributed by atoms with E-state index < -0.39 is 7.92 Å². The Labute approximate surface area is 144 Å². The van der Waals surface area contributed by atoms with Crippen molar-refractivity contribution in [1.82, 2.24) is 0 Å². The standard InChI is InChI=1S/C18H15P.C2H4OS/c1-4-10-16(11-5-1)19(17-12-6-2-7-13-17)18-14-8-3-9-15-18;1-2(3)4/h1-15H;1H3,(H,3,4). The van der Waals surface area contributed by atoms with E-state index in [0.717, 1.165) is 0 Å². The number of benzene rings is 3. The molecule has 3 aromatic rings. The minimum atomic E-state index is -0.446. The van der Waals surface area contributed by atoms with Gasteiger partial charge in [0.25, 0.3) is 0 Å². The summed E-state index contributed by atoms with van der Waals surface area (Å²) in [5.74, 6) is 0. The SMILES string of the molecule is CC(O)=S.c1ccc(P(c2ccccc2)c2ccccc2)cc1. The molecule has 0 bridgehead atoms. The summed E-state index contributed by atoms with van der Waals surface area (Å²) < 4.78 is 0. The quantitative estimate of drug-likeness (QED) is 0.566. The molecule has 3 rings (SSSR count). The lowest BCUT2D eigenvalue weighted by Crippen LogP contribution is -2.20. The predicted molar refractivity (Wildman–Crippen MR) is 106 cm³/mol. The third kappa shape index (κ3) is 5.59. The van der Waals surface area contributed by atoms with Gasteiger partial charge in [0.1, 0.15) is 0 Å². The summed E-state index contributed by atoms with van der Waals surface area (Å²) in [5, 5.41) is 12.0. The number of aliphatic hydroxyl groups is 1. The van der Waals surface area contributed by atoms with Crippen molar-refractivity contribution in [3.8, 4) is 0 Å². The van der Waals surface area contributed by atoms with Gasteiger partial charge in [-0.25, -0.2) is 0 Å². The van der Waals surface area contributed by atoms with E-state index in [1.54, 1.807) is 0 Å². The van der Waals surface area contributed by atoms with E-state index in [-0.39, 0.29) is 5.05 Å². The summed E-state index contributed by atoms with van der Waals surface area (Å²) in [6, 6.07) is 32.3. The molecule has 3 heteroatoms. The summed E-state index contributed by atoms with van der Waals surface area (Å²) in [4.78, 5) is 0. The van der Waals surface area contributed by atoms with Crippen molar-refractivity contribution >= 4 is 41.1 Å².